The first-order valence-electron chi connectivity index (χ1n) is 6.94. The van der Waals surface area contributed by atoms with Gasteiger partial charge in [0.25, 0.3) is 0 Å². The summed E-state index contributed by atoms with van der Waals surface area (Å²) in [5.41, 5.74) is 0.997. The van der Waals surface area contributed by atoms with Crippen LogP contribution in [0, 0.1) is 17.8 Å². The number of nitrogens with zero attached hydrogens (tertiary/aromatic N) is 1. The first kappa shape index (κ1) is 13.1. The summed E-state index contributed by atoms with van der Waals surface area (Å²) in [6.45, 7) is 4.47. The zero-order chi connectivity index (χ0) is 13.1. The molecule has 0 saturated heterocycles. The Balaban J connectivity index is 2.11. The van der Waals surface area contributed by atoms with Gasteiger partial charge in [0.1, 0.15) is 0 Å². The second kappa shape index (κ2) is 5.55. The molecule has 2 heteroatoms. The number of carbonyl (C=O) groups excluding carboxylic acids is 1. The van der Waals surface area contributed by atoms with Crippen LogP contribution < -0.4 is 4.90 Å². The van der Waals surface area contributed by atoms with Crippen LogP contribution in [0.3, 0.4) is 0 Å². The second-order valence-electron chi connectivity index (χ2n) is 5.68. The fraction of sp³-hybridized carbons (Fsp3) is 0.562. The van der Waals surface area contributed by atoms with E-state index in [1.54, 1.807) is 0 Å². The molecule has 1 aliphatic rings. The summed E-state index contributed by atoms with van der Waals surface area (Å²) >= 11 is 0. The van der Waals surface area contributed by atoms with Gasteiger partial charge in [-0.2, -0.15) is 0 Å². The molecule has 1 aromatic rings. The molecule has 1 amide bonds. The minimum absolute atomic E-state index is 0.218. The Morgan fingerprint density at radius 3 is 2.50 bits per heavy atom. The Bertz CT molecular complexity index is 399. The van der Waals surface area contributed by atoms with E-state index in [2.05, 4.69) is 13.8 Å². The lowest BCUT2D eigenvalue weighted by molar-refractivity contribution is -0.123. The molecule has 0 bridgehead atoms. The molecule has 0 N–H and O–H groups in total. The third-order valence-electron chi connectivity index (χ3n) is 4.22. The lowest BCUT2D eigenvalue weighted by Crippen LogP contribution is -2.35. The van der Waals surface area contributed by atoms with Crippen LogP contribution in [0.2, 0.25) is 0 Å². The Kier molecular flexibility index (Phi) is 4.05. The van der Waals surface area contributed by atoms with Crippen molar-refractivity contribution in [1.82, 2.24) is 0 Å². The van der Waals surface area contributed by atoms with E-state index in [9.17, 15) is 4.79 Å². The molecule has 1 aromatic carbocycles. The number of rotatable bonds is 3. The van der Waals surface area contributed by atoms with Gasteiger partial charge in [-0.15, -0.1) is 0 Å². The van der Waals surface area contributed by atoms with Crippen molar-refractivity contribution in [1.29, 1.82) is 0 Å². The van der Waals surface area contributed by atoms with Crippen LogP contribution in [0.25, 0.3) is 0 Å². The molecule has 0 unspecified atom stereocenters. The standard InChI is InChI=1S/C16H23NO/c1-12(2)14-10-7-11-15(14)16(18)17(3)13-8-5-4-6-9-13/h4-6,8-9,12,14-15H,7,10-11H2,1-3H3/t14-,15-/m0/s1. The highest BCUT2D eigenvalue weighted by molar-refractivity contribution is 5.94. The van der Waals surface area contributed by atoms with E-state index >= 15 is 0 Å². The van der Waals surface area contributed by atoms with Gasteiger partial charge in [0, 0.05) is 18.7 Å². The maximum Gasteiger partial charge on any atom is 0.230 e. The normalized spacial score (nSPS) is 23.3. The number of amides is 1. The van der Waals surface area contributed by atoms with Crippen molar-refractivity contribution in [3.05, 3.63) is 30.3 Å². The molecule has 98 valence electrons. The van der Waals surface area contributed by atoms with Gasteiger partial charge in [-0.3, -0.25) is 4.79 Å². The fourth-order valence-corrected chi connectivity index (χ4v) is 3.12. The molecule has 1 fully saturated rings. The smallest absolute Gasteiger partial charge is 0.230 e. The molecule has 2 nitrogen and oxygen atoms in total. The lowest BCUT2D eigenvalue weighted by atomic mass is 9.85. The Morgan fingerprint density at radius 2 is 1.89 bits per heavy atom. The van der Waals surface area contributed by atoms with Crippen LogP contribution >= 0.6 is 0 Å². The zero-order valence-electron chi connectivity index (χ0n) is 11.6. The molecule has 0 aliphatic heterocycles. The van der Waals surface area contributed by atoms with Crippen molar-refractivity contribution in [2.75, 3.05) is 11.9 Å². The van der Waals surface area contributed by atoms with Gasteiger partial charge in [0.05, 0.1) is 0 Å². The van der Waals surface area contributed by atoms with Crippen molar-refractivity contribution >= 4 is 11.6 Å². The Hall–Kier alpha value is -1.31. The SMILES string of the molecule is CC(C)[C@@H]1CCC[C@@H]1C(=O)N(C)c1ccccc1. The third-order valence-corrected chi connectivity index (χ3v) is 4.22. The number of hydrogen-bond acceptors (Lipinski definition) is 1. The predicted molar refractivity (Wildman–Crippen MR) is 75.5 cm³/mol. The molecule has 0 radical (unpaired) electrons. The first-order chi connectivity index (χ1) is 8.61. The summed E-state index contributed by atoms with van der Waals surface area (Å²) < 4.78 is 0. The van der Waals surface area contributed by atoms with Crippen LogP contribution in [-0.2, 0) is 4.79 Å². The number of carbonyl (C=O) groups is 1. The van der Waals surface area contributed by atoms with E-state index in [1.165, 1.54) is 12.8 Å². The molecule has 0 heterocycles. The average Bonchev–Trinajstić information content (AvgIpc) is 2.87. The minimum Gasteiger partial charge on any atom is -0.315 e. The summed E-state index contributed by atoms with van der Waals surface area (Å²) in [6.07, 6.45) is 3.46. The van der Waals surface area contributed by atoms with Crippen molar-refractivity contribution in [2.45, 2.75) is 33.1 Å². The second-order valence-corrected chi connectivity index (χ2v) is 5.68. The van der Waals surface area contributed by atoms with Gasteiger partial charge in [-0.1, -0.05) is 38.5 Å². The number of hydrogen-bond donors (Lipinski definition) is 0. The van der Waals surface area contributed by atoms with E-state index in [0.29, 0.717) is 11.8 Å². The highest BCUT2D eigenvalue weighted by atomic mass is 16.2. The minimum atomic E-state index is 0.218. The first-order valence-corrected chi connectivity index (χ1v) is 6.94. The largest absolute Gasteiger partial charge is 0.315 e. The highest BCUT2D eigenvalue weighted by Crippen LogP contribution is 2.38. The Labute approximate surface area is 110 Å². The maximum absolute atomic E-state index is 12.6. The van der Waals surface area contributed by atoms with E-state index in [-0.39, 0.29) is 11.8 Å². The van der Waals surface area contributed by atoms with Gasteiger partial charge in [0.2, 0.25) is 5.91 Å². The topological polar surface area (TPSA) is 20.3 Å². The number of para-hydroxylation sites is 1. The van der Waals surface area contributed by atoms with E-state index in [0.717, 1.165) is 12.1 Å². The zero-order valence-corrected chi connectivity index (χ0v) is 11.6. The monoisotopic (exact) mass is 245 g/mol. The summed E-state index contributed by atoms with van der Waals surface area (Å²) in [5.74, 6) is 1.67. The van der Waals surface area contributed by atoms with E-state index in [4.69, 9.17) is 0 Å². The lowest BCUT2D eigenvalue weighted by Gasteiger charge is -2.27. The molecule has 1 aliphatic carbocycles. The van der Waals surface area contributed by atoms with Crippen LogP contribution in [0.4, 0.5) is 5.69 Å². The highest BCUT2D eigenvalue weighted by Gasteiger charge is 2.36. The van der Waals surface area contributed by atoms with Crippen molar-refractivity contribution in [3.63, 3.8) is 0 Å². The third kappa shape index (κ3) is 2.58. The molecule has 0 aromatic heterocycles. The van der Waals surface area contributed by atoms with Gasteiger partial charge in [-0.05, 0) is 36.8 Å². The van der Waals surface area contributed by atoms with Crippen LogP contribution in [0.15, 0.2) is 30.3 Å². The Morgan fingerprint density at radius 1 is 1.22 bits per heavy atom. The van der Waals surface area contributed by atoms with Gasteiger partial charge < -0.3 is 4.90 Å². The number of benzene rings is 1. The van der Waals surface area contributed by atoms with Crippen LogP contribution in [0.5, 0.6) is 0 Å². The predicted octanol–water partition coefficient (Wildman–Crippen LogP) is 3.72. The molecule has 2 atom stereocenters. The summed E-state index contributed by atoms with van der Waals surface area (Å²) in [4.78, 5) is 14.4. The van der Waals surface area contributed by atoms with Gasteiger partial charge >= 0.3 is 0 Å². The molecular formula is C16H23NO. The van der Waals surface area contributed by atoms with Crippen LogP contribution in [0.1, 0.15) is 33.1 Å². The van der Waals surface area contributed by atoms with E-state index < -0.39 is 0 Å². The van der Waals surface area contributed by atoms with E-state index in [1.807, 2.05) is 42.3 Å². The van der Waals surface area contributed by atoms with Crippen molar-refractivity contribution < 1.29 is 4.79 Å². The van der Waals surface area contributed by atoms with Crippen molar-refractivity contribution in [3.8, 4) is 0 Å². The van der Waals surface area contributed by atoms with Gasteiger partial charge in [0.15, 0.2) is 0 Å². The molecular weight excluding hydrogens is 222 g/mol. The summed E-state index contributed by atoms with van der Waals surface area (Å²) in [5, 5.41) is 0. The average molecular weight is 245 g/mol. The van der Waals surface area contributed by atoms with Gasteiger partial charge in [-0.25, -0.2) is 0 Å². The van der Waals surface area contributed by atoms with Crippen LogP contribution in [-0.4, -0.2) is 13.0 Å². The fourth-order valence-electron chi connectivity index (χ4n) is 3.12. The maximum atomic E-state index is 12.6. The molecule has 0 spiro atoms. The molecule has 18 heavy (non-hydrogen) atoms. The summed E-state index contributed by atoms with van der Waals surface area (Å²) in [6, 6.07) is 9.93. The number of anilines is 1. The molecule has 1 saturated carbocycles. The van der Waals surface area contributed by atoms with Crippen molar-refractivity contribution in [2.24, 2.45) is 17.8 Å². The quantitative estimate of drug-likeness (QED) is 0.794. The molecule has 2 rings (SSSR count). The summed E-state index contributed by atoms with van der Waals surface area (Å²) in [7, 11) is 1.90.